The number of benzene rings is 3. The molecule has 3 aromatic carbocycles. The van der Waals surface area contributed by atoms with E-state index in [0.717, 1.165) is 49.9 Å². The molecule has 0 spiro atoms. The molecule has 0 fully saturated rings. The van der Waals surface area contributed by atoms with Crippen LogP contribution >= 0.6 is 11.8 Å². The molecule has 158 valence electrons. The number of nitrogens with one attached hydrogen (secondary N) is 1. The van der Waals surface area contributed by atoms with Gasteiger partial charge in [0.25, 0.3) is 0 Å². The van der Waals surface area contributed by atoms with Crippen molar-refractivity contribution >= 4 is 22.8 Å². The van der Waals surface area contributed by atoms with E-state index >= 15 is 0 Å². The summed E-state index contributed by atoms with van der Waals surface area (Å²) in [5.41, 5.74) is 3.63. The summed E-state index contributed by atoms with van der Waals surface area (Å²) in [5, 5.41) is 0. The highest BCUT2D eigenvalue weighted by molar-refractivity contribution is 7.99. The van der Waals surface area contributed by atoms with Gasteiger partial charge in [0.1, 0.15) is 17.4 Å². The minimum atomic E-state index is -0.769. The van der Waals surface area contributed by atoms with Gasteiger partial charge in [-0.05, 0) is 37.3 Å². The number of aromatic amines is 1. The molecule has 0 amide bonds. The second kappa shape index (κ2) is 8.43. The lowest BCUT2D eigenvalue weighted by atomic mass is 10.1. The molecule has 0 saturated heterocycles. The minimum absolute atomic E-state index is 0.0550. The van der Waals surface area contributed by atoms with Crippen molar-refractivity contribution in [3.05, 3.63) is 96.3 Å². The number of pyridine rings is 1. The molecule has 0 unspecified atom stereocenters. The standard InChI is InChI=1S/C25H17F2N3OS/c1-15-2-4-16(5-3-15)25-29-20-13-23(31-22-7-6-17(26)12-19(22)27)24(14-21(20)30-25)32-18-8-10-28-11-9-18/h2-14H,1H3,(H,29,30). The fourth-order valence-electron chi connectivity index (χ4n) is 3.24. The van der Waals surface area contributed by atoms with Gasteiger partial charge >= 0.3 is 0 Å². The molecular weight excluding hydrogens is 428 g/mol. The largest absolute Gasteiger partial charge is 0.453 e. The number of aryl methyl sites for hydroxylation is 1. The third-order valence-electron chi connectivity index (χ3n) is 4.86. The Kier molecular flexibility index (Phi) is 5.33. The first-order chi connectivity index (χ1) is 15.5. The highest BCUT2D eigenvalue weighted by Crippen LogP contribution is 2.40. The zero-order valence-corrected chi connectivity index (χ0v) is 17.8. The van der Waals surface area contributed by atoms with Crippen molar-refractivity contribution in [3.8, 4) is 22.9 Å². The molecule has 0 atom stereocenters. The number of ether oxygens (including phenoxy) is 1. The Hall–Kier alpha value is -3.71. The topological polar surface area (TPSA) is 50.8 Å². The smallest absolute Gasteiger partial charge is 0.168 e. The molecule has 7 heteroatoms. The monoisotopic (exact) mass is 445 g/mol. The zero-order valence-electron chi connectivity index (χ0n) is 17.0. The lowest BCUT2D eigenvalue weighted by Crippen LogP contribution is -1.92. The first-order valence-electron chi connectivity index (χ1n) is 9.87. The van der Waals surface area contributed by atoms with E-state index in [9.17, 15) is 8.78 Å². The predicted molar refractivity (Wildman–Crippen MR) is 121 cm³/mol. The fourth-order valence-corrected chi connectivity index (χ4v) is 4.12. The minimum Gasteiger partial charge on any atom is -0.453 e. The molecule has 4 nitrogen and oxygen atoms in total. The first-order valence-corrected chi connectivity index (χ1v) is 10.7. The number of hydrogen-bond acceptors (Lipinski definition) is 4. The van der Waals surface area contributed by atoms with Crippen LogP contribution in [0.15, 0.2) is 88.9 Å². The van der Waals surface area contributed by atoms with Crippen LogP contribution in [0.25, 0.3) is 22.4 Å². The molecule has 1 N–H and O–H groups in total. The van der Waals surface area contributed by atoms with E-state index in [4.69, 9.17) is 9.72 Å². The van der Waals surface area contributed by atoms with Crippen LogP contribution in [0.2, 0.25) is 0 Å². The molecular formula is C25H17F2N3OS. The van der Waals surface area contributed by atoms with Crippen LogP contribution in [0.5, 0.6) is 11.5 Å². The molecule has 0 aliphatic heterocycles. The molecule has 0 saturated carbocycles. The summed E-state index contributed by atoms with van der Waals surface area (Å²) < 4.78 is 33.5. The number of imidazole rings is 1. The predicted octanol–water partition coefficient (Wildman–Crippen LogP) is 7.16. The van der Waals surface area contributed by atoms with E-state index in [1.807, 2.05) is 49.4 Å². The van der Waals surface area contributed by atoms with Crippen LogP contribution in [-0.4, -0.2) is 15.0 Å². The molecule has 2 heterocycles. The van der Waals surface area contributed by atoms with E-state index in [0.29, 0.717) is 5.75 Å². The van der Waals surface area contributed by atoms with E-state index in [1.165, 1.54) is 17.8 Å². The van der Waals surface area contributed by atoms with Gasteiger partial charge in [-0.2, -0.15) is 0 Å². The van der Waals surface area contributed by atoms with Gasteiger partial charge in [0, 0.05) is 35.0 Å². The summed E-state index contributed by atoms with van der Waals surface area (Å²) in [5.74, 6) is -0.322. The summed E-state index contributed by atoms with van der Waals surface area (Å²) in [6.45, 7) is 2.03. The van der Waals surface area contributed by atoms with Gasteiger partial charge in [-0.25, -0.2) is 13.8 Å². The van der Waals surface area contributed by atoms with Crippen LogP contribution in [0.1, 0.15) is 5.56 Å². The molecule has 0 radical (unpaired) electrons. The average Bonchev–Trinajstić information content (AvgIpc) is 3.20. The van der Waals surface area contributed by atoms with Gasteiger partial charge in [-0.15, -0.1) is 0 Å². The molecule has 0 aliphatic rings. The van der Waals surface area contributed by atoms with Crippen LogP contribution in [-0.2, 0) is 0 Å². The maximum Gasteiger partial charge on any atom is 0.168 e. The second-order valence-electron chi connectivity index (χ2n) is 7.23. The maximum absolute atomic E-state index is 14.3. The number of hydrogen-bond donors (Lipinski definition) is 1. The highest BCUT2D eigenvalue weighted by atomic mass is 32.2. The number of nitrogens with zero attached hydrogens (tertiary/aromatic N) is 2. The highest BCUT2D eigenvalue weighted by Gasteiger charge is 2.15. The second-order valence-corrected chi connectivity index (χ2v) is 8.34. The Morgan fingerprint density at radius 1 is 0.875 bits per heavy atom. The number of rotatable bonds is 5. The van der Waals surface area contributed by atoms with Crippen molar-refractivity contribution in [2.24, 2.45) is 0 Å². The lowest BCUT2D eigenvalue weighted by Gasteiger charge is -2.12. The SMILES string of the molecule is Cc1ccc(-c2nc3cc(Sc4ccncc4)c(Oc4ccc(F)cc4F)cc3[nH]2)cc1. The van der Waals surface area contributed by atoms with Gasteiger partial charge < -0.3 is 9.72 Å². The van der Waals surface area contributed by atoms with Crippen molar-refractivity contribution in [2.45, 2.75) is 16.7 Å². The number of halogens is 2. The molecule has 32 heavy (non-hydrogen) atoms. The maximum atomic E-state index is 14.3. The summed E-state index contributed by atoms with van der Waals surface area (Å²) in [4.78, 5) is 13.8. The third kappa shape index (κ3) is 4.20. The van der Waals surface area contributed by atoms with Crippen molar-refractivity contribution in [3.63, 3.8) is 0 Å². The Bertz CT molecular complexity index is 1400. The number of fused-ring (bicyclic) bond motifs is 1. The normalized spacial score (nSPS) is 11.1. The van der Waals surface area contributed by atoms with E-state index < -0.39 is 11.6 Å². The van der Waals surface area contributed by atoms with Gasteiger partial charge in [0.15, 0.2) is 11.6 Å². The van der Waals surface area contributed by atoms with Crippen molar-refractivity contribution < 1.29 is 13.5 Å². The quantitative estimate of drug-likeness (QED) is 0.312. The lowest BCUT2D eigenvalue weighted by molar-refractivity contribution is 0.430. The summed E-state index contributed by atoms with van der Waals surface area (Å²) >= 11 is 1.45. The first kappa shape index (κ1) is 20.2. The summed E-state index contributed by atoms with van der Waals surface area (Å²) in [6.07, 6.45) is 3.40. The van der Waals surface area contributed by atoms with E-state index in [2.05, 4.69) is 9.97 Å². The Balaban J connectivity index is 1.59. The fraction of sp³-hybridized carbons (Fsp3) is 0.0400. The molecule has 0 bridgehead atoms. The van der Waals surface area contributed by atoms with Crippen molar-refractivity contribution in [2.75, 3.05) is 0 Å². The Morgan fingerprint density at radius 3 is 2.41 bits per heavy atom. The van der Waals surface area contributed by atoms with E-state index in [-0.39, 0.29) is 5.75 Å². The van der Waals surface area contributed by atoms with Gasteiger partial charge in [-0.1, -0.05) is 41.6 Å². The average molecular weight is 445 g/mol. The Morgan fingerprint density at radius 2 is 1.66 bits per heavy atom. The summed E-state index contributed by atoms with van der Waals surface area (Å²) in [6, 6.07) is 18.7. The van der Waals surface area contributed by atoms with Gasteiger partial charge in [0.05, 0.1) is 15.9 Å². The van der Waals surface area contributed by atoms with Gasteiger partial charge in [-0.3, -0.25) is 4.98 Å². The van der Waals surface area contributed by atoms with Crippen LogP contribution in [0, 0.1) is 18.6 Å². The molecule has 2 aromatic heterocycles. The van der Waals surface area contributed by atoms with Crippen LogP contribution < -0.4 is 4.74 Å². The van der Waals surface area contributed by atoms with Gasteiger partial charge in [0.2, 0.25) is 0 Å². The Labute approximate surface area is 187 Å². The molecule has 5 rings (SSSR count). The van der Waals surface area contributed by atoms with Crippen molar-refractivity contribution in [1.82, 2.24) is 15.0 Å². The molecule has 5 aromatic rings. The number of H-pyrrole nitrogens is 1. The zero-order chi connectivity index (χ0) is 22.1. The van der Waals surface area contributed by atoms with Crippen LogP contribution in [0.3, 0.4) is 0 Å². The van der Waals surface area contributed by atoms with Crippen molar-refractivity contribution in [1.29, 1.82) is 0 Å². The molecule has 0 aliphatic carbocycles. The summed E-state index contributed by atoms with van der Waals surface area (Å²) in [7, 11) is 0. The van der Waals surface area contributed by atoms with Crippen LogP contribution in [0.4, 0.5) is 8.78 Å². The van der Waals surface area contributed by atoms with E-state index in [1.54, 1.807) is 18.5 Å². The third-order valence-corrected chi connectivity index (χ3v) is 5.91. The number of aromatic nitrogens is 3.